The molecule has 1 heterocycles. The summed E-state index contributed by atoms with van der Waals surface area (Å²) in [6.45, 7) is -0.146. The van der Waals surface area contributed by atoms with E-state index in [1.165, 1.54) is 0 Å². The third-order valence-corrected chi connectivity index (χ3v) is 2.68. The zero-order valence-electron chi connectivity index (χ0n) is 7.04. The monoisotopic (exact) mass is 179 g/mol. The first kappa shape index (κ1) is 8.05. The lowest BCUT2D eigenvalue weighted by Crippen LogP contribution is -2.52. The molecule has 5 nitrogen and oxygen atoms in total. The minimum Gasteiger partial charge on any atom is -0.323 e. The molecular formula is C8H9N3O2. The maximum atomic E-state index is 11.6. The number of amides is 3. The second-order valence-corrected chi connectivity index (χ2v) is 3.42. The Morgan fingerprint density at radius 1 is 1.54 bits per heavy atom. The molecule has 1 aliphatic carbocycles. The van der Waals surface area contributed by atoms with Crippen molar-refractivity contribution >= 4 is 11.9 Å². The van der Waals surface area contributed by atoms with Crippen molar-refractivity contribution in [2.75, 3.05) is 6.54 Å². The van der Waals surface area contributed by atoms with E-state index in [1.54, 1.807) is 6.07 Å². The Hall–Kier alpha value is -1.57. The van der Waals surface area contributed by atoms with Gasteiger partial charge in [0.15, 0.2) is 0 Å². The van der Waals surface area contributed by atoms with E-state index in [4.69, 9.17) is 5.26 Å². The molecule has 0 aromatic carbocycles. The Balaban J connectivity index is 2.20. The molecule has 0 aromatic heterocycles. The van der Waals surface area contributed by atoms with Gasteiger partial charge in [-0.15, -0.1) is 0 Å². The van der Waals surface area contributed by atoms with Crippen LogP contribution in [0.2, 0.25) is 0 Å². The minimum atomic E-state index is -0.645. The van der Waals surface area contributed by atoms with E-state index in [9.17, 15) is 9.59 Å². The van der Waals surface area contributed by atoms with Gasteiger partial charge in [-0.25, -0.2) is 9.69 Å². The lowest BCUT2D eigenvalue weighted by atomic mass is 9.77. The van der Waals surface area contributed by atoms with Crippen molar-refractivity contribution in [3.8, 4) is 6.07 Å². The molecule has 3 amide bonds. The maximum absolute atomic E-state index is 11.6. The molecule has 0 atom stereocenters. The predicted octanol–water partition coefficient (Wildman–Crippen LogP) is -0.0155. The van der Waals surface area contributed by atoms with Gasteiger partial charge in [0.2, 0.25) is 0 Å². The first-order valence-electron chi connectivity index (χ1n) is 4.21. The number of nitrogens with one attached hydrogen (secondary N) is 1. The fourth-order valence-electron chi connectivity index (χ4n) is 1.76. The predicted molar refractivity (Wildman–Crippen MR) is 42.4 cm³/mol. The Bertz CT molecular complexity index is 314. The highest BCUT2D eigenvalue weighted by molar-refractivity contribution is 6.07. The quantitative estimate of drug-likeness (QED) is 0.454. The van der Waals surface area contributed by atoms with Crippen LogP contribution in [0.3, 0.4) is 0 Å². The molecule has 0 bridgehead atoms. The summed E-state index contributed by atoms with van der Waals surface area (Å²) in [5.74, 6) is -0.231. The smallest absolute Gasteiger partial charge is 0.323 e. The van der Waals surface area contributed by atoms with Crippen LogP contribution in [0.4, 0.5) is 4.79 Å². The van der Waals surface area contributed by atoms with Crippen LogP contribution in [0.25, 0.3) is 0 Å². The second-order valence-electron chi connectivity index (χ2n) is 3.42. The summed E-state index contributed by atoms with van der Waals surface area (Å²) in [6, 6.07) is 1.38. The third kappa shape index (κ3) is 0.917. The molecule has 2 fully saturated rings. The first-order chi connectivity index (χ1) is 6.19. The van der Waals surface area contributed by atoms with Gasteiger partial charge < -0.3 is 5.32 Å². The third-order valence-electron chi connectivity index (χ3n) is 2.68. The fraction of sp³-hybridized carbons (Fsp3) is 0.625. The summed E-state index contributed by atoms with van der Waals surface area (Å²) in [4.78, 5) is 23.8. The van der Waals surface area contributed by atoms with Crippen molar-refractivity contribution in [2.45, 2.75) is 24.8 Å². The zero-order chi connectivity index (χ0) is 9.47. The lowest BCUT2D eigenvalue weighted by molar-refractivity contribution is -0.133. The Morgan fingerprint density at radius 2 is 2.23 bits per heavy atom. The average molecular weight is 179 g/mol. The van der Waals surface area contributed by atoms with Crippen LogP contribution in [0.1, 0.15) is 19.3 Å². The number of carbonyl (C=O) groups excluding carboxylic acids is 2. The van der Waals surface area contributed by atoms with Crippen LogP contribution in [-0.2, 0) is 4.79 Å². The first-order valence-corrected chi connectivity index (χ1v) is 4.21. The van der Waals surface area contributed by atoms with Gasteiger partial charge in [0, 0.05) is 0 Å². The van der Waals surface area contributed by atoms with Gasteiger partial charge in [-0.3, -0.25) is 4.79 Å². The van der Waals surface area contributed by atoms with Gasteiger partial charge in [0.1, 0.15) is 12.1 Å². The molecule has 1 saturated carbocycles. The zero-order valence-corrected chi connectivity index (χ0v) is 7.04. The van der Waals surface area contributed by atoms with Gasteiger partial charge in [0.25, 0.3) is 5.91 Å². The summed E-state index contributed by atoms with van der Waals surface area (Å²) >= 11 is 0. The number of carbonyl (C=O) groups is 2. The molecule has 5 heteroatoms. The summed E-state index contributed by atoms with van der Waals surface area (Å²) < 4.78 is 0. The van der Waals surface area contributed by atoms with Crippen molar-refractivity contribution in [3.63, 3.8) is 0 Å². The molecule has 2 aliphatic rings. The molecule has 68 valence electrons. The molecule has 1 saturated heterocycles. The number of imide groups is 1. The molecular weight excluding hydrogens is 170 g/mol. The topological polar surface area (TPSA) is 73.2 Å². The average Bonchev–Trinajstić information content (AvgIpc) is 2.28. The van der Waals surface area contributed by atoms with Crippen LogP contribution in [0.15, 0.2) is 0 Å². The van der Waals surface area contributed by atoms with Crippen LogP contribution in [0, 0.1) is 11.3 Å². The Kier molecular flexibility index (Phi) is 1.52. The second kappa shape index (κ2) is 2.46. The van der Waals surface area contributed by atoms with Gasteiger partial charge >= 0.3 is 6.03 Å². The van der Waals surface area contributed by atoms with E-state index < -0.39 is 11.6 Å². The van der Waals surface area contributed by atoms with Gasteiger partial charge in [-0.1, -0.05) is 0 Å². The molecule has 1 spiro atoms. The fourth-order valence-corrected chi connectivity index (χ4v) is 1.76. The number of hydrogen-bond acceptors (Lipinski definition) is 3. The largest absolute Gasteiger partial charge is 0.325 e. The van der Waals surface area contributed by atoms with E-state index >= 15 is 0 Å². The van der Waals surface area contributed by atoms with Crippen LogP contribution in [0.5, 0.6) is 0 Å². The summed E-state index contributed by atoms with van der Waals surface area (Å²) in [6.07, 6.45) is 2.38. The highest BCUT2D eigenvalue weighted by atomic mass is 16.2. The lowest BCUT2D eigenvalue weighted by Gasteiger charge is -2.34. The molecule has 13 heavy (non-hydrogen) atoms. The van der Waals surface area contributed by atoms with Crippen molar-refractivity contribution in [3.05, 3.63) is 0 Å². The van der Waals surface area contributed by atoms with Crippen molar-refractivity contribution in [1.29, 1.82) is 5.26 Å². The molecule has 2 rings (SSSR count). The van der Waals surface area contributed by atoms with Crippen molar-refractivity contribution in [2.24, 2.45) is 0 Å². The summed E-state index contributed by atoms with van der Waals surface area (Å²) in [5, 5.41) is 11.0. The van der Waals surface area contributed by atoms with Crippen LogP contribution >= 0.6 is 0 Å². The van der Waals surface area contributed by atoms with E-state index in [0.717, 1.165) is 11.3 Å². The number of hydrogen-bond donors (Lipinski definition) is 1. The number of urea groups is 1. The summed E-state index contributed by atoms with van der Waals surface area (Å²) in [7, 11) is 0. The molecule has 1 N–H and O–H groups in total. The van der Waals surface area contributed by atoms with Gasteiger partial charge in [-0.05, 0) is 19.3 Å². The van der Waals surface area contributed by atoms with Crippen molar-refractivity contribution < 1.29 is 9.59 Å². The molecule has 0 radical (unpaired) electrons. The van der Waals surface area contributed by atoms with E-state index in [1.807, 2.05) is 0 Å². The van der Waals surface area contributed by atoms with Gasteiger partial charge in [0.05, 0.1) is 6.07 Å². The molecule has 1 aliphatic heterocycles. The van der Waals surface area contributed by atoms with Crippen LogP contribution < -0.4 is 5.32 Å². The molecule has 0 aromatic rings. The van der Waals surface area contributed by atoms with E-state index in [0.29, 0.717) is 12.8 Å². The minimum absolute atomic E-state index is 0.146. The highest BCUT2D eigenvalue weighted by Gasteiger charge is 2.54. The number of rotatable bonds is 1. The maximum Gasteiger partial charge on any atom is 0.325 e. The highest BCUT2D eigenvalue weighted by Crippen LogP contribution is 2.36. The Labute approximate surface area is 75.3 Å². The van der Waals surface area contributed by atoms with Crippen molar-refractivity contribution in [1.82, 2.24) is 10.2 Å². The van der Waals surface area contributed by atoms with E-state index in [-0.39, 0.29) is 12.5 Å². The SMILES string of the molecule is N#CCN1C(=O)NC2(CCC2)C1=O. The number of nitrogens with zero attached hydrogens (tertiary/aromatic N) is 2. The standard InChI is InChI=1S/C8H9N3O2/c9-4-5-11-6(12)8(2-1-3-8)10-7(11)13/h1-3,5H2,(H,10,13). The number of nitriles is 1. The van der Waals surface area contributed by atoms with Gasteiger partial charge in [-0.2, -0.15) is 5.26 Å². The Morgan fingerprint density at radius 3 is 2.62 bits per heavy atom. The molecule has 0 unspecified atom stereocenters. The normalized spacial score (nSPS) is 24.1. The van der Waals surface area contributed by atoms with Crippen LogP contribution in [-0.4, -0.2) is 28.9 Å². The van der Waals surface area contributed by atoms with E-state index in [2.05, 4.69) is 5.32 Å². The summed E-state index contributed by atoms with van der Waals surface area (Å²) in [5.41, 5.74) is -0.645.